The van der Waals surface area contributed by atoms with Crippen LogP contribution in [0.3, 0.4) is 0 Å². The molecule has 2 aromatic heterocycles. The van der Waals surface area contributed by atoms with E-state index in [1.807, 2.05) is 42.6 Å². The van der Waals surface area contributed by atoms with Gasteiger partial charge >= 0.3 is 0 Å². The third kappa shape index (κ3) is 2.09. The number of nitrogens with one attached hydrogen (secondary N) is 2. The van der Waals surface area contributed by atoms with Gasteiger partial charge in [-0.3, -0.25) is 9.89 Å². The van der Waals surface area contributed by atoms with Gasteiger partial charge in [-0.25, -0.2) is 4.68 Å². The number of hydrogen-bond donors (Lipinski definition) is 2. The molecule has 0 saturated heterocycles. The van der Waals surface area contributed by atoms with Gasteiger partial charge in [-0.1, -0.05) is 18.2 Å². The van der Waals surface area contributed by atoms with Crippen LogP contribution >= 0.6 is 23.6 Å². The fraction of sp³-hybridized carbons (Fsp3) is 0.0769. The zero-order valence-corrected chi connectivity index (χ0v) is 11.8. The Hall–Kier alpha value is -1.92. The smallest absolute Gasteiger partial charge is 0.280 e. The molecule has 0 fully saturated rings. The summed E-state index contributed by atoms with van der Waals surface area (Å²) in [5.74, 6) is 0. The molecule has 0 radical (unpaired) electrons. The molecule has 0 saturated carbocycles. The van der Waals surface area contributed by atoms with Crippen molar-refractivity contribution < 1.29 is 0 Å². The van der Waals surface area contributed by atoms with Gasteiger partial charge in [0.15, 0.2) is 3.95 Å². The molecule has 0 aliphatic heterocycles. The Balaban J connectivity index is 2.22. The lowest BCUT2D eigenvalue weighted by atomic mass is 10.2. The van der Waals surface area contributed by atoms with Gasteiger partial charge in [0.05, 0.1) is 16.9 Å². The Labute approximate surface area is 118 Å². The number of nitrogens with zero attached hydrogens (tertiary/aromatic N) is 1. The predicted molar refractivity (Wildman–Crippen MR) is 79.6 cm³/mol. The summed E-state index contributed by atoms with van der Waals surface area (Å²) in [7, 11) is 0. The monoisotopic (exact) mass is 289 g/mol. The molecule has 2 heterocycles. The van der Waals surface area contributed by atoms with Gasteiger partial charge in [-0.2, -0.15) is 0 Å². The van der Waals surface area contributed by atoms with Crippen molar-refractivity contribution in [2.45, 2.75) is 6.92 Å². The van der Waals surface area contributed by atoms with Crippen molar-refractivity contribution in [3.63, 3.8) is 0 Å². The molecule has 19 heavy (non-hydrogen) atoms. The van der Waals surface area contributed by atoms with Crippen molar-refractivity contribution in [3.8, 4) is 16.9 Å². The van der Waals surface area contributed by atoms with Crippen molar-refractivity contribution in [2.75, 3.05) is 0 Å². The first-order chi connectivity index (χ1) is 9.16. The third-order valence-corrected chi connectivity index (χ3v) is 3.94. The second kappa shape index (κ2) is 4.64. The normalized spacial score (nSPS) is 10.8. The average molecular weight is 289 g/mol. The lowest BCUT2D eigenvalue weighted by Gasteiger charge is -1.99. The van der Waals surface area contributed by atoms with E-state index in [0.29, 0.717) is 9.52 Å². The Bertz CT molecular complexity index is 823. The number of benzene rings is 1. The Morgan fingerprint density at radius 3 is 2.63 bits per heavy atom. The van der Waals surface area contributed by atoms with Crippen LogP contribution in [-0.2, 0) is 0 Å². The Kier molecular flexibility index (Phi) is 2.96. The van der Waals surface area contributed by atoms with Crippen LogP contribution in [0.25, 0.3) is 16.9 Å². The Morgan fingerprint density at radius 2 is 2.00 bits per heavy atom. The van der Waals surface area contributed by atoms with E-state index in [4.69, 9.17) is 12.2 Å². The number of H-pyrrole nitrogens is 2. The number of aryl methyl sites for hydroxylation is 1. The van der Waals surface area contributed by atoms with Crippen LogP contribution in [0, 0.1) is 10.9 Å². The number of para-hydroxylation sites is 1. The molecule has 0 bridgehead atoms. The number of rotatable bonds is 2. The van der Waals surface area contributed by atoms with Crippen LogP contribution in [-0.4, -0.2) is 14.8 Å². The first kappa shape index (κ1) is 12.1. The van der Waals surface area contributed by atoms with Crippen LogP contribution in [0.2, 0.25) is 0 Å². The van der Waals surface area contributed by atoms with E-state index in [1.54, 1.807) is 4.68 Å². The third-order valence-electron chi connectivity index (χ3n) is 2.88. The van der Waals surface area contributed by atoms with Gasteiger partial charge in [0, 0.05) is 11.1 Å². The van der Waals surface area contributed by atoms with Crippen LogP contribution in [0.5, 0.6) is 0 Å². The Morgan fingerprint density at radius 1 is 1.26 bits per heavy atom. The molecule has 0 aliphatic carbocycles. The lowest BCUT2D eigenvalue weighted by Crippen LogP contribution is -2.15. The SMILES string of the molecule is Cc1[nH]n(-c2ccccc2)c(=O)c1-c1csc(=S)[nH]1. The van der Waals surface area contributed by atoms with Crippen molar-refractivity contribution in [1.29, 1.82) is 0 Å². The van der Waals surface area contributed by atoms with E-state index in [2.05, 4.69) is 10.1 Å². The highest BCUT2D eigenvalue weighted by Gasteiger charge is 2.15. The van der Waals surface area contributed by atoms with E-state index < -0.39 is 0 Å². The second-order valence-corrected chi connectivity index (χ2v) is 5.70. The topological polar surface area (TPSA) is 53.6 Å². The lowest BCUT2D eigenvalue weighted by molar-refractivity contribution is 0.835. The molecule has 0 unspecified atom stereocenters. The molecule has 6 heteroatoms. The zero-order valence-electron chi connectivity index (χ0n) is 10.1. The maximum absolute atomic E-state index is 12.5. The molecular weight excluding hydrogens is 278 g/mol. The molecule has 4 nitrogen and oxygen atoms in total. The van der Waals surface area contributed by atoms with Crippen molar-refractivity contribution in [3.05, 3.63) is 55.7 Å². The van der Waals surface area contributed by atoms with E-state index >= 15 is 0 Å². The fourth-order valence-corrected chi connectivity index (χ4v) is 2.85. The van der Waals surface area contributed by atoms with Gasteiger partial charge in [-0.15, -0.1) is 11.3 Å². The fourth-order valence-electron chi connectivity index (χ4n) is 2.03. The minimum Gasteiger partial charge on any atom is -0.337 e. The van der Waals surface area contributed by atoms with Gasteiger partial charge in [-0.05, 0) is 31.3 Å². The van der Waals surface area contributed by atoms with Crippen molar-refractivity contribution in [1.82, 2.24) is 14.8 Å². The summed E-state index contributed by atoms with van der Waals surface area (Å²) in [6.07, 6.45) is 0. The number of aromatic amines is 2. The van der Waals surface area contributed by atoms with E-state index in [0.717, 1.165) is 17.1 Å². The molecule has 0 amide bonds. The summed E-state index contributed by atoms with van der Waals surface area (Å²) in [5.41, 5.74) is 2.96. The number of aromatic nitrogens is 3. The summed E-state index contributed by atoms with van der Waals surface area (Å²) in [6, 6.07) is 9.49. The standard InChI is InChI=1S/C13H11N3OS2/c1-8-11(10-7-19-13(18)14-10)12(17)16(15-8)9-5-3-2-4-6-9/h2-7,15H,1H3,(H,14,18). The minimum atomic E-state index is -0.0762. The first-order valence-electron chi connectivity index (χ1n) is 5.72. The van der Waals surface area contributed by atoms with Crippen LogP contribution in [0.15, 0.2) is 40.5 Å². The van der Waals surface area contributed by atoms with Gasteiger partial charge in [0.1, 0.15) is 0 Å². The van der Waals surface area contributed by atoms with E-state index in [9.17, 15) is 4.79 Å². The molecule has 2 N–H and O–H groups in total. The summed E-state index contributed by atoms with van der Waals surface area (Å²) in [5, 5.41) is 4.96. The van der Waals surface area contributed by atoms with Crippen LogP contribution < -0.4 is 5.56 Å². The highest BCUT2D eigenvalue weighted by atomic mass is 32.1. The molecule has 0 spiro atoms. The maximum atomic E-state index is 12.5. The number of thiazole rings is 1. The summed E-state index contributed by atoms with van der Waals surface area (Å²) < 4.78 is 2.21. The van der Waals surface area contributed by atoms with Crippen molar-refractivity contribution >= 4 is 23.6 Å². The summed E-state index contributed by atoms with van der Waals surface area (Å²) >= 11 is 6.48. The van der Waals surface area contributed by atoms with Crippen LogP contribution in [0.1, 0.15) is 5.69 Å². The highest BCUT2D eigenvalue weighted by Crippen LogP contribution is 2.20. The number of hydrogen-bond acceptors (Lipinski definition) is 3. The van der Waals surface area contributed by atoms with Gasteiger partial charge in [0.2, 0.25) is 0 Å². The largest absolute Gasteiger partial charge is 0.337 e. The molecule has 0 atom stereocenters. The highest BCUT2D eigenvalue weighted by molar-refractivity contribution is 7.73. The zero-order chi connectivity index (χ0) is 13.4. The minimum absolute atomic E-state index is 0.0762. The van der Waals surface area contributed by atoms with E-state index in [1.165, 1.54) is 11.3 Å². The maximum Gasteiger partial charge on any atom is 0.280 e. The average Bonchev–Trinajstić information content (AvgIpc) is 2.95. The molecule has 3 aromatic rings. The first-order valence-corrected chi connectivity index (χ1v) is 7.01. The molecular formula is C13H11N3OS2. The van der Waals surface area contributed by atoms with Crippen molar-refractivity contribution in [2.24, 2.45) is 0 Å². The predicted octanol–water partition coefficient (Wildman–Crippen LogP) is 3.26. The van der Waals surface area contributed by atoms with E-state index in [-0.39, 0.29) is 5.56 Å². The summed E-state index contributed by atoms with van der Waals surface area (Å²) in [6.45, 7) is 1.88. The quantitative estimate of drug-likeness (QED) is 0.711. The molecule has 0 aliphatic rings. The molecule has 96 valence electrons. The summed E-state index contributed by atoms with van der Waals surface area (Å²) in [4.78, 5) is 15.5. The van der Waals surface area contributed by atoms with Gasteiger partial charge in [0.25, 0.3) is 5.56 Å². The molecule has 3 rings (SSSR count). The molecule has 1 aromatic carbocycles. The second-order valence-electron chi connectivity index (χ2n) is 4.15. The van der Waals surface area contributed by atoms with Crippen LogP contribution in [0.4, 0.5) is 0 Å². The van der Waals surface area contributed by atoms with Gasteiger partial charge < -0.3 is 4.98 Å².